The fourth-order valence-corrected chi connectivity index (χ4v) is 2.13. The standard InChI is InChI=1S/C15H21N3/c1-4-18-10-9-16-15(18)11-17-14-8-6-5-7-13(14)12(2)3/h5-10,12,17H,4,11H2,1-3H3. The van der Waals surface area contributed by atoms with Gasteiger partial charge in [-0.15, -0.1) is 0 Å². The van der Waals surface area contributed by atoms with Gasteiger partial charge in [0.1, 0.15) is 5.82 Å². The molecule has 0 unspecified atom stereocenters. The van der Waals surface area contributed by atoms with Gasteiger partial charge in [-0.3, -0.25) is 0 Å². The van der Waals surface area contributed by atoms with Crippen molar-refractivity contribution in [2.75, 3.05) is 5.32 Å². The van der Waals surface area contributed by atoms with Crippen LogP contribution in [0.25, 0.3) is 0 Å². The topological polar surface area (TPSA) is 29.9 Å². The zero-order chi connectivity index (χ0) is 13.0. The molecule has 1 aromatic heterocycles. The molecule has 3 heteroatoms. The minimum absolute atomic E-state index is 0.527. The highest BCUT2D eigenvalue weighted by atomic mass is 15.1. The second kappa shape index (κ2) is 5.71. The maximum absolute atomic E-state index is 4.38. The highest BCUT2D eigenvalue weighted by Crippen LogP contribution is 2.23. The van der Waals surface area contributed by atoms with Gasteiger partial charge in [0.2, 0.25) is 0 Å². The normalized spacial score (nSPS) is 10.9. The Morgan fingerprint density at radius 1 is 1.28 bits per heavy atom. The number of rotatable bonds is 5. The van der Waals surface area contributed by atoms with Crippen LogP contribution < -0.4 is 5.32 Å². The van der Waals surface area contributed by atoms with Crippen LogP contribution in [0.15, 0.2) is 36.7 Å². The van der Waals surface area contributed by atoms with Gasteiger partial charge in [0.15, 0.2) is 0 Å². The van der Waals surface area contributed by atoms with Crippen LogP contribution in [0.5, 0.6) is 0 Å². The van der Waals surface area contributed by atoms with Crippen LogP contribution in [0.4, 0.5) is 5.69 Å². The summed E-state index contributed by atoms with van der Waals surface area (Å²) in [5, 5.41) is 3.49. The van der Waals surface area contributed by atoms with Crippen LogP contribution in [0.1, 0.15) is 38.1 Å². The van der Waals surface area contributed by atoms with E-state index in [-0.39, 0.29) is 0 Å². The summed E-state index contributed by atoms with van der Waals surface area (Å²) in [7, 11) is 0. The van der Waals surface area contributed by atoms with Crippen molar-refractivity contribution in [1.82, 2.24) is 9.55 Å². The van der Waals surface area contributed by atoms with Gasteiger partial charge in [0, 0.05) is 24.6 Å². The average molecular weight is 243 g/mol. The SMILES string of the molecule is CCn1ccnc1CNc1ccccc1C(C)C. The van der Waals surface area contributed by atoms with Gasteiger partial charge >= 0.3 is 0 Å². The number of imidazole rings is 1. The number of hydrogen-bond acceptors (Lipinski definition) is 2. The molecule has 0 spiro atoms. The molecule has 2 aromatic rings. The number of aromatic nitrogens is 2. The van der Waals surface area contributed by atoms with Crippen LogP contribution >= 0.6 is 0 Å². The van der Waals surface area contributed by atoms with E-state index in [0.717, 1.165) is 18.9 Å². The zero-order valence-electron chi connectivity index (χ0n) is 11.4. The molecule has 0 aliphatic heterocycles. The first-order valence-corrected chi connectivity index (χ1v) is 6.55. The minimum atomic E-state index is 0.527. The van der Waals surface area contributed by atoms with Crippen molar-refractivity contribution in [1.29, 1.82) is 0 Å². The summed E-state index contributed by atoms with van der Waals surface area (Å²) in [5.74, 6) is 1.61. The number of para-hydroxylation sites is 1. The van der Waals surface area contributed by atoms with Crippen molar-refractivity contribution in [3.05, 3.63) is 48.0 Å². The van der Waals surface area contributed by atoms with Crippen LogP contribution in [-0.4, -0.2) is 9.55 Å². The lowest BCUT2D eigenvalue weighted by Gasteiger charge is -2.14. The first-order chi connectivity index (χ1) is 8.72. The Morgan fingerprint density at radius 2 is 2.06 bits per heavy atom. The summed E-state index contributed by atoms with van der Waals surface area (Å²) in [6, 6.07) is 8.47. The molecule has 0 saturated carbocycles. The molecule has 0 amide bonds. The largest absolute Gasteiger partial charge is 0.378 e. The molecule has 0 aliphatic rings. The maximum Gasteiger partial charge on any atom is 0.128 e. The smallest absolute Gasteiger partial charge is 0.128 e. The third-order valence-corrected chi connectivity index (χ3v) is 3.16. The molecular formula is C15H21N3. The minimum Gasteiger partial charge on any atom is -0.378 e. The van der Waals surface area contributed by atoms with Gasteiger partial charge in [-0.25, -0.2) is 4.98 Å². The van der Waals surface area contributed by atoms with Crippen molar-refractivity contribution < 1.29 is 0 Å². The van der Waals surface area contributed by atoms with Gasteiger partial charge in [-0.2, -0.15) is 0 Å². The summed E-state index contributed by atoms with van der Waals surface area (Å²) < 4.78 is 2.16. The van der Waals surface area contributed by atoms with Gasteiger partial charge in [0.05, 0.1) is 6.54 Å². The summed E-state index contributed by atoms with van der Waals surface area (Å²) >= 11 is 0. The second-order valence-electron chi connectivity index (χ2n) is 4.72. The van der Waals surface area contributed by atoms with Crippen LogP contribution in [-0.2, 0) is 13.1 Å². The molecule has 1 heterocycles. The van der Waals surface area contributed by atoms with Crippen molar-refractivity contribution >= 4 is 5.69 Å². The lowest BCUT2D eigenvalue weighted by Crippen LogP contribution is -2.09. The highest BCUT2D eigenvalue weighted by molar-refractivity contribution is 5.52. The Hall–Kier alpha value is -1.77. The van der Waals surface area contributed by atoms with Crippen LogP contribution in [0, 0.1) is 0 Å². The molecule has 0 saturated heterocycles. The second-order valence-corrected chi connectivity index (χ2v) is 4.72. The molecule has 2 rings (SSSR count). The molecule has 0 atom stereocenters. The number of nitrogens with zero attached hydrogens (tertiary/aromatic N) is 2. The summed E-state index contributed by atoms with van der Waals surface area (Å²) in [6.45, 7) is 8.29. The van der Waals surface area contributed by atoms with E-state index < -0.39 is 0 Å². The monoisotopic (exact) mass is 243 g/mol. The number of anilines is 1. The molecule has 3 nitrogen and oxygen atoms in total. The van der Waals surface area contributed by atoms with E-state index in [2.05, 4.69) is 59.9 Å². The summed E-state index contributed by atoms with van der Waals surface area (Å²) in [6.07, 6.45) is 3.88. The van der Waals surface area contributed by atoms with Gasteiger partial charge < -0.3 is 9.88 Å². The van der Waals surface area contributed by atoms with E-state index in [1.165, 1.54) is 11.3 Å². The van der Waals surface area contributed by atoms with Crippen LogP contribution in [0.3, 0.4) is 0 Å². The van der Waals surface area contributed by atoms with E-state index in [1.807, 2.05) is 12.4 Å². The first-order valence-electron chi connectivity index (χ1n) is 6.55. The zero-order valence-corrected chi connectivity index (χ0v) is 11.4. The van der Waals surface area contributed by atoms with Gasteiger partial charge in [-0.05, 0) is 24.5 Å². The molecular weight excluding hydrogens is 222 g/mol. The lowest BCUT2D eigenvalue weighted by atomic mass is 10.0. The van der Waals surface area contributed by atoms with Crippen molar-refractivity contribution in [3.63, 3.8) is 0 Å². The molecule has 1 N–H and O–H groups in total. The van der Waals surface area contributed by atoms with E-state index in [9.17, 15) is 0 Å². The van der Waals surface area contributed by atoms with Crippen molar-refractivity contribution in [2.45, 2.75) is 39.8 Å². The quantitative estimate of drug-likeness (QED) is 0.869. The van der Waals surface area contributed by atoms with E-state index in [4.69, 9.17) is 0 Å². The van der Waals surface area contributed by atoms with Crippen LogP contribution in [0.2, 0.25) is 0 Å². The Balaban J connectivity index is 2.11. The number of hydrogen-bond donors (Lipinski definition) is 1. The fourth-order valence-electron chi connectivity index (χ4n) is 2.13. The highest BCUT2D eigenvalue weighted by Gasteiger charge is 2.06. The third kappa shape index (κ3) is 2.73. The van der Waals surface area contributed by atoms with Gasteiger partial charge in [-0.1, -0.05) is 32.0 Å². The van der Waals surface area contributed by atoms with E-state index >= 15 is 0 Å². The van der Waals surface area contributed by atoms with E-state index in [0.29, 0.717) is 5.92 Å². The average Bonchev–Trinajstić information content (AvgIpc) is 2.84. The summed E-state index contributed by atoms with van der Waals surface area (Å²) in [5.41, 5.74) is 2.56. The molecule has 0 bridgehead atoms. The molecule has 0 fully saturated rings. The Bertz CT molecular complexity index is 500. The third-order valence-electron chi connectivity index (χ3n) is 3.16. The Labute approximate surface area is 109 Å². The predicted octanol–water partition coefficient (Wildman–Crippen LogP) is 3.64. The molecule has 96 valence electrons. The van der Waals surface area contributed by atoms with Crippen molar-refractivity contribution in [2.24, 2.45) is 0 Å². The fraction of sp³-hybridized carbons (Fsp3) is 0.400. The van der Waals surface area contributed by atoms with Gasteiger partial charge in [0.25, 0.3) is 0 Å². The molecule has 1 aromatic carbocycles. The first kappa shape index (κ1) is 12.7. The van der Waals surface area contributed by atoms with E-state index in [1.54, 1.807) is 0 Å². The lowest BCUT2D eigenvalue weighted by molar-refractivity contribution is 0.707. The molecule has 18 heavy (non-hydrogen) atoms. The Kier molecular flexibility index (Phi) is 4.03. The summed E-state index contributed by atoms with van der Waals surface area (Å²) in [4.78, 5) is 4.38. The molecule has 0 radical (unpaired) electrons. The van der Waals surface area contributed by atoms with Crippen molar-refractivity contribution in [3.8, 4) is 0 Å². The number of aryl methyl sites for hydroxylation is 1. The Morgan fingerprint density at radius 3 is 2.78 bits per heavy atom. The predicted molar refractivity (Wildman–Crippen MR) is 75.8 cm³/mol. The number of nitrogens with one attached hydrogen (secondary N) is 1. The maximum atomic E-state index is 4.38. The molecule has 0 aliphatic carbocycles. The number of benzene rings is 1.